The second kappa shape index (κ2) is 5.93. The number of halogens is 2. The van der Waals surface area contributed by atoms with Gasteiger partial charge in [0.05, 0.1) is 10.2 Å². The molecule has 0 saturated heterocycles. The fraction of sp³-hybridized carbons (Fsp3) is 0.389. The van der Waals surface area contributed by atoms with Crippen molar-refractivity contribution in [1.29, 1.82) is 0 Å². The molecule has 1 saturated carbocycles. The zero-order valence-corrected chi connectivity index (χ0v) is 16.2. The van der Waals surface area contributed by atoms with Gasteiger partial charge in [-0.05, 0) is 44.2 Å². The van der Waals surface area contributed by atoms with E-state index in [1.54, 1.807) is 0 Å². The molecule has 0 bridgehead atoms. The maximum absolute atomic E-state index is 13.3. The number of thiophene rings is 1. The molecule has 0 spiro atoms. The lowest BCUT2D eigenvalue weighted by Gasteiger charge is -2.05. The van der Waals surface area contributed by atoms with Gasteiger partial charge in [0.2, 0.25) is 0 Å². The Bertz CT molecular complexity index is 1250. The van der Waals surface area contributed by atoms with Gasteiger partial charge in [-0.2, -0.15) is 0 Å². The molecule has 4 aromatic rings. The smallest absolute Gasteiger partial charge is 0.280 e. The van der Waals surface area contributed by atoms with Gasteiger partial charge in [-0.15, -0.1) is 11.3 Å². The van der Waals surface area contributed by atoms with E-state index < -0.39 is 6.43 Å². The molecule has 4 heterocycles. The molecule has 0 radical (unpaired) electrons. The van der Waals surface area contributed by atoms with E-state index in [-0.39, 0.29) is 23.2 Å². The van der Waals surface area contributed by atoms with Crippen molar-refractivity contribution in [3.8, 4) is 0 Å². The van der Waals surface area contributed by atoms with E-state index >= 15 is 0 Å². The van der Waals surface area contributed by atoms with Gasteiger partial charge in [0.1, 0.15) is 20.7 Å². The van der Waals surface area contributed by atoms with Crippen LogP contribution in [0.4, 0.5) is 13.9 Å². The van der Waals surface area contributed by atoms with E-state index in [1.807, 2.05) is 13.8 Å². The van der Waals surface area contributed by atoms with Gasteiger partial charge in [0, 0.05) is 11.4 Å². The fourth-order valence-electron chi connectivity index (χ4n) is 3.37. The summed E-state index contributed by atoms with van der Waals surface area (Å²) < 4.78 is 28.0. The lowest BCUT2D eigenvalue weighted by Crippen LogP contribution is -2.08. The first-order chi connectivity index (χ1) is 12.9. The molecule has 2 N–H and O–H groups in total. The van der Waals surface area contributed by atoms with Crippen LogP contribution in [0.25, 0.3) is 30.6 Å². The topological polar surface area (TPSA) is 70.7 Å². The van der Waals surface area contributed by atoms with Crippen LogP contribution in [0.1, 0.15) is 50.3 Å². The van der Waals surface area contributed by atoms with Crippen LogP contribution in [0.5, 0.6) is 0 Å². The number of aromatic amines is 1. The predicted molar refractivity (Wildman–Crippen MR) is 107 cm³/mol. The van der Waals surface area contributed by atoms with Crippen molar-refractivity contribution < 1.29 is 8.78 Å². The molecule has 0 aromatic carbocycles. The molecule has 5 rings (SSSR count). The van der Waals surface area contributed by atoms with E-state index in [0.717, 1.165) is 28.5 Å². The fourth-order valence-corrected chi connectivity index (χ4v) is 5.61. The number of nitrogens with zero attached hydrogens (tertiary/aromatic N) is 2. The van der Waals surface area contributed by atoms with Gasteiger partial charge in [-0.3, -0.25) is 4.79 Å². The molecule has 1 aliphatic rings. The van der Waals surface area contributed by atoms with E-state index in [1.165, 1.54) is 28.7 Å². The number of pyridine rings is 2. The monoisotopic (exact) mass is 406 g/mol. The molecule has 5 nitrogen and oxygen atoms in total. The first kappa shape index (κ1) is 17.0. The minimum absolute atomic E-state index is 0.194. The summed E-state index contributed by atoms with van der Waals surface area (Å²) >= 11 is 2.63. The summed E-state index contributed by atoms with van der Waals surface area (Å²) in [7, 11) is 0. The van der Waals surface area contributed by atoms with Gasteiger partial charge >= 0.3 is 0 Å². The van der Waals surface area contributed by atoms with Gasteiger partial charge in [0.25, 0.3) is 12.0 Å². The molecular weight excluding hydrogens is 390 g/mol. The Morgan fingerprint density at radius 3 is 2.67 bits per heavy atom. The number of thiazole rings is 1. The highest BCUT2D eigenvalue weighted by Crippen LogP contribution is 2.48. The van der Waals surface area contributed by atoms with Crippen LogP contribution in [0.3, 0.4) is 0 Å². The summed E-state index contributed by atoms with van der Waals surface area (Å²) in [5, 5.41) is 4.71. The molecular formula is C18H16F2N4OS2. The van der Waals surface area contributed by atoms with Crippen LogP contribution in [0.15, 0.2) is 10.9 Å². The van der Waals surface area contributed by atoms with Crippen molar-refractivity contribution in [2.75, 3.05) is 5.32 Å². The Kier molecular flexibility index (Phi) is 3.74. The van der Waals surface area contributed by atoms with E-state index in [0.29, 0.717) is 25.7 Å². The lowest BCUT2D eigenvalue weighted by atomic mass is 10.1. The van der Waals surface area contributed by atoms with Crippen LogP contribution in [-0.4, -0.2) is 21.0 Å². The molecule has 9 heteroatoms. The number of hydrogen-bond acceptors (Lipinski definition) is 6. The zero-order valence-electron chi connectivity index (χ0n) is 14.6. The van der Waals surface area contributed by atoms with Crippen LogP contribution in [0.2, 0.25) is 0 Å². The normalized spacial score (nSPS) is 15.0. The van der Waals surface area contributed by atoms with Gasteiger partial charge < -0.3 is 10.3 Å². The molecule has 0 amide bonds. The molecule has 0 atom stereocenters. The van der Waals surface area contributed by atoms with Gasteiger partial charge in [0.15, 0.2) is 5.13 Å². The molecule has 1 fully saturated rings. The Labute approximate surface area is 160 Å². The van der Waals surface area contributed by atoms with Crippen LogP contribution in [0, 0.1) is 0 Å². The number of alkyl halides is 2. The Morgan fingerprint density at radius 2 is 2.00 bits per heavy atom. The average Bonchev–Trinajstić information content (AvgIpc) is 3.26. The van der Waals surface area contributed by atoms with Crippen LogP contribution in [-0.2, 0) is 0 Å². The minimum Gasteiger partial charge on any atom is -0.359 e. The number of rotatable bonds is 4. The number of fused-ring (bicyclic) bond motifs is 5. The van der Waals surface area contributed by atoms with E-state index in [4.69, 9.17) is 0 Å². The quantitative estimate of drug-likeness (QED) is 0.477. The summed E-state index contributed by atoms with van der Waals surface area (Å²) in [5.41, 5.74) is 1.75. The van der Waals surface area contributed by atoms with Crippen molar-refractivity contribution in [1.82, 2.24) is 15.0 Å². The summed E-state index contributed by atoms with van der Waals surface area (Å²) in [6, 6.07) is 1.70. The summed E-state index contributed by atoms with van der Waals surface area (Å²) in [6.45, 7) is 4.01. The standard InChI is InChI=1S/C18H16F2N4OS2/c1-6(2)21-18-24-12-13-11(23-16(25)14(12)27-18)10-8(7-3-4-7)5-9(15(19)20)22-17(10)26-13/h5-7,15H,3-4H2,1-2H3,(H,21,24)(H,23,25). The summed E-state index contributed by atoms with van der Waals surface area (Å²) in [4.78, 5) is 24.9. The SMILES string of the molecule is CC(C)Nc1nc2c(s1)c(=O)[nH]c1c2sc2nc(C(F)F)cc(C3CC3)c21. The largest absolute Gasteiger partial charge is 0.359 e. The molecule has 1 aliphatic carbocycles. The zero-order chi connectivity index (χ0) is 18.9. The van der Waals surface area contributed by atoms with Crippen molar-refractivity contribution in [3.63, 3.8) is 0 Å². The highest BCUT2D eigenvalue weighted by atomic mass is 32.1. The minimum atomic E-state index is -2.61. The molecule has 27 heavy (non-hydrogen) atoms. The Hall–Kier alpha value is -2.13. The number of anilines is 1. The van der Waals surface area contributed by atoms with Crippen molar-refractivity contribution in [3.05, 3.63) is 27.7 Å². The third-order valence-corrected chi connectivity index (χ3v) is 6.73. The van der Waals surface area contributed by atoms with E-state index in [2.05, 4.69) is 20.3 Å². The van der Waals surface area contributed by atoms with Crippen molar-refractivity contribution in [2.45, 2.75) is 45.1 Å². The summed E-state index contributed by atoms with van der Waals surface area (Å²) in [5.74, 6) is 0.263. The van der Waals surface area contributed by atoms with Crippen LogP contribution < -0.4 is 10.9 Å². The number of nitrogens with one attached hydrogen (secondary N) is 2. The van der Waals surface area contributed by atoms with Gasteiger partial charge in [-0.25, -0.2) is 18.7 Å². The first-order valence-electron chi connectivity index (χ1n) is 8.77. The Balaban J connectivity index is 1.86. The number of H-pyrrole nitrogens is 1. The maximum Gasteiger partial charge on any atom is 0.280 e. The molecule has 140 valence electrons. The highest BCUT2D eigenvalue weighted by Gasteiger charge is 2.30. The number of aromatic nitrogens is 3. The number of hydrogen-bond donors (Lipinski definition) is 2. The lowest BCUT2D eigenvalue weighted by molar-refractivity contribution is 0.146. The van der Waals surface area contributed by atoms with Crippen molar-refractivity contribution >= 4 is 58.5 Å². The molecule has 0 unspecified atom stereocenters. The first-order valence-corrected chi connectivity index (χ1v) is 10.4. The summed E-state index contributed by atoms with van der Waals surface area (Å²) in [6.07, 6.45) is -0.660. The highest BCUT2D eigenvalue weighted by molar-refractivity contribution is 7.27. The molecule has 0 aliphatic heterocycles. The third-order valence-electron chi connectivity index (χ3n) is 4.65. The van der Waals surface area contributed by atoms with Crippen LogP contribution >= 0.6 is 22.7 Å². The van der Waals surface area contributed by atoms with E-state index in [9.17, 15) is 13.6 Å². The molecule has 4 aromatic heterocycles. The third kappa shape index (κ3) is 2.71. The van der Waals surface area contributed by atoms with Crippen molar-refractivity contribution in [2.24, 2.45) is 0 Å². The average molecular weight is 406 g/mol. The second-order valence-corrected chi connectivity index (χ2v) is 9.15. The Morgan fingerprint density at radius 1 is 1.22 bits per heavy atom. The van der Waals surface area contributed by atoms with Gasteiger partial charge in [-0.1, -0.05) is 11.3 Å². The maximum atomic E-state index is 13.3. The second-order valence-electron chi connectivity index (χ2n) is 7.15. The predicted octanol–water partition coefficient (Wildman–Crippen LogP) is 5.38.